The highest BCUT2D eigenvalue weighted by atomic mass is 16.5. The number of para-hydroxylation sites is 1. The number of phenolic OH excluding ortho intramolecular Hbond substituents is 2. The first kappa shape index (κ1) is 11.0. The number of hydrogen-bond donors (Lipinski definition) is 2. The number of fused-ring (bicyclic) bond motifs is 1. The molecule has 2 aromatic carbocycles. The zero-order valence-corrected chi connectivity index (χ0v) is 9.84. The number of phenols is 2. The molecule has 0 bridgehead atoms. The monoisotopic (exact) mass is 242 g/mol. The van der Waals surface area contributed by atoms with E-state index in [4.69, 9.17) is 4.74 Å². The predicted octanol–water partition coefficient (Wildman–Crippen LogP) is 2.82. The van der Waals surface area contributed by atoms with Gasteiger partial charge in [-0.1, -0.05) is 24.3 Å². The number of hydrogen-bond acceptors (Lipinski definition) is 3. The highest BCUT2D eigenvalue weighted by molar-refractivity contribution is 5.44. The SMILES string of the molecule is Oc1ccc2c(c1)OCC(c1ccccc1O)C2. The Hall–Kier alpha value is -2.16. The van der Waals surface area contributed by atoms with Crippen LogP contribution in [0.25, 0.3) is 0 Å². The molecule has 1 atom stereocenters. The Labute approximate surface area is 105 Å². The fourth-order valence-electron chi connectivity index (χ4n) is 2.39. The first-order chi connectivity index (χ1) is 8.74. The second kappa shape index (κ2) is 4.26. The van der Waals surface area contributed by atoms with Gasteiger partial charge in [0.1, 0.15) is 17.2 Å². The maximum atomic E-state index is 9.86. The van der Waals surface area contributed by atoms with Crippen molar-refractivity contribution in [2.24, 2.45) is 0 Å². The normalized spacial score (nSPS) is 17.9. The number of ether oxygens (including phenoxy) is 1. The van der Waals surface area contributed by atoms with Gasteiger partial charge in [0.05, 0.1) is 6.61 Å². The van der Waals surface area contributed by atoms with Crippen LogP contribution in [-0.4, -0.2) is 16.8 Å². The van der Waals surface area contributed by atoms with E-state index >= 15 is 0 Å². The van der Waals surface area contributed by atoms with Crippen molar-refractivity contribution in [3.63, 3.8) is 0 Å². The van der Waals surface area contributed by atoms with Gasteiger partial charge in [-0.2, -0.15) is 0 Å². The van der Waals surface area contributed by atoms with Crippen molar-refractivity contribution in [3.8, 4) is 17.2 Å². The van der Waals surface area contributed by atoms with Crippen molar-refractivity contribution in [3.05, 3.63) is 53.6 Å². The smallest absolute Gasteiger partial charge is 0.126 e. The summed E-state index contributed by atoms with van der Waals surface area (Å²) in [6.45, 7) is 0.522. The lowest BCUT2D eigenvalue weighted by molar-refractivity contribution is 0.258. The number of rotatable bonds is 1. The van der Waals surface area contributed by atoms with E-state index in [1.807, 2.05) is 24.3 Å². The Balaban J connectivity index is 1.92. The molecule has 1 aliphatic heterocycles. The predicted molar refractivity (Wildman–Crippen MR) is 68.2 cm³/mol. The van der Waals surface area contributed by atoms with E-state index in [0.717, 1.165) is 23.3 Å². The molecule has 0 saturated heterocycles. The van der Waals surface area contributed by atoms with E-state index in [1.165, 1.54) is 0 Å². The third kappa shape index (κ3) is 1.88. The van der Waals surface area contributed by atoms with Crippen molar-refractivity contribution >= 4 is 0 Å². The minimum Gasteiger partial charge on any atom is -0.508 e. The van der Waals surface area contributed by atoms with Gasteiger partial charge in [-0.3, -0.25) is 0 Å². The molecular formula is C15H14O3. The van der Waals surface area contributed by atoms with Gasteiger partial charge >= 0.3 is 0 Å². The van der Waals surface area contributed by atoms with Crippen LogP contribution in [0.3, 0.4) is 0 Å². The Morgan fingerprint density at radius 2 is 1.89 bits per heavy atom. The molecular weight excluding hydrogens is 228 g/mol. The molecule has 2 aromatic rings. The Morgan fingerprint density at radius 3 is 2.72 bits per heavy atom. The zero-order valence-electron chi connectivity index (χ0n) is 9.84. The molecule has 3 rings (SSSR count). The zero-order chi connectivity index (χ0) is 12.5. The summed E-state index contributed by atoms with van der Waals surface area (Å²) in [5, 5.41) is 19.3. The second-order valence-electron chi connectivity index (χ2n) is 4.56. The van der Waals surface area contributed by atoms with Crippen LogP contribution >= 0.6 is 0 Å². The molecule has 0 saturated carbocycles. The Bertz CT molecular complexity index is 578. The van der Waals surface area contributed by atoms with Gasteiger partial charge in [-0.25, -0.2) is 0 Å². The molecule has 18 heavy (non-hydrogen) atoms. The van der Waals surface area contributed by atoms with Crippen LogP contribution in [0.1, 0.15) is 17.0 Å². The standard InChI is InChI=1S/C15H14O3/c16-12-6-5-10-7-11(9-18-15(10)8-12)13-3-1-2-4-14(13)17/h1-6,8,11,16-17H,7,9H2. The Morgan fingerprint density at radius 1 is 1.06 bits per heavy atom. The molecule has 0 amide bonds. The lowest BCUT2D eigenvalue weighted by Gasteiger charge is -2.26. The molecule has 0 radical (unpaired) electrons. The number of aromatic hydroxyl groups is 2. The van der Waals surface area contributed by atoms with Crippen LogP contribution in [-0.2, 0) is 6.42 Å². The summed E-state index contributed by atoms with van der Waals surface area (Å²) in [7, 11) is 0. The van der Waals surface area contributed by atoms with Crippen molar-refractivity contribution < 1.29 is 14.9 Å². The summed E-state index contributed by atoms with van der Waals surface area (Å²) in [4.78, 5) is 0. The highest BCUT2D eigenvalue weighted by Crippen LogP contribution is 2.36. The summed E-state index contributed by atoms with van der Waals surface area (Å²) in [5.41, 5.74) is 1.98. The van der Waals surface area contributed by atoms with Crippen molar-refractivity contribution in [2.75, 3.05) is 6.61 Å². The van der Waals surface area contributed by atoms with Crippen molar-refractivity contribution in [2.45, 2.75) is 12.3 Å². The molecule has 0 spiro atoms. The molecule has 2 N–H and O–H groups in total. The van der Waals surface area contributed by atoms with Crippen molar-refractivity contribution in [1.82, 2.24) is 0 Å². The minimum absolute atomic E-state index is 0.156. The van der Waals surface area contributed by atoms with Crippen LogP contribution in [0.4, 0.5) is 0 Å². The third-order valence-electron chi connectivity index (χ3n) is 3.33. The number of benzene rings is 2. The maximum absolute atomic E-state index is 9.86. The van der Waals surface area contributed by atoms with Crippen LogP contribution < -0.4 is 4.74 Å². The van der Waals surface area contributed by atoms with Gasteiger partial charge in [-0.05, 0) is 24.1 Å². The summed E-state index contributed by atoms with van der Waals surface area (Å²) >= 11 is 0. The van der Waals surface area contributed by atoms with Crippen LogP contribution in [0.2, 0.25) is 0 Å². The average Bonchev–Trinajstić information content (AvgIpc) is 2.39. The first-order valence-electron chi connectivity index (χ1n) is 5.96. The highest BCUT2D eigenvalue weighted by Gasteiger charge is 2.23. The molecule has 0 fully saturated rings. The van der Waals surface area contributed by atoms with Crippen LogP contribution in [0.5, 0.6) is 17.2 Å². The fourth-order valence-corrected chi connectivity index (χ4v) is 2.39. The quantitative estimate of drug-likeness (QED) is 0.808. The van der Waals surface area contributed by atoms with Gasteiger partial charge in [0.2, 0.25) is 0 Å². The molecule has 1 aliphatic rings. The van der Waals surface area contributed by atoms with E-state index in [0.29, 0.717) is 12.4 Å². The second-order valence-corrected chi connectivity index (χ2v) is 4.56. The topological polar surface area (TPSA) is 49.7 Å². The van der Waals surface area contributed by atoms with Gasteiger partial charge in [0.15, 0.2) is 0 Å². The summed E-state index contributed by atoms with van der Waals surface area (Å²) in [6, 6.07) is 12.5. The van der Waals surface area contributed by atoms with Gasteiger partial charge < -0.3 is 14.9 Å². The summed E-state index contributed by atoms with van der Waals surface area (Å²) < 4.78 is 5.66. The molecule has 3 heteroatoms. The maximum Gasteiger partial charge on any atom is 0.126 e. The largest absolute Gasteiger partial charge is 0.508 e. The van der Waals surface area contributed by atoms with E-state index in [-0.39, 0.29) is 11.7 Å². The average molecular weight is 242 g/mol. The first-order valence-corrected chi connectivity index (χ1v) is 5.96. The summed E-state index contributed by atoms with van der Waals surface area (Å²) in [5.74, 6) is 1.42. The lowest BCUT2D eigenvalue weighted by Crippen LogP contribution is -2.19. The molecule has 92 valence electrons. The molecule has 0 aliphatic carbocycles. The van der Waals surface area contributed by atoms with Gasteiger partial charge in [0.25, 0.3) is 0 Å². The molecule has 1 unspecified atom stereocenters. The van der Waals surface area contributed by atoms with Crippen molar-refractivity contribution in [1.29, 1.82) is 0 Å². The van der Waals surface area contributed by atoms with Gasteiger partial charge in [-0.15, -0.1) is 0 Å². The van der Waals surface area contributed by atoms with E-state index in [1.54, 1.807) is 18.2 Å². The van der Waals surface area contributed by atoms with E-state index in [2.05, 4.69) is 0 Å². The minimum atomic E-state index is 0.156. The van der Waals surface area contributed by atoms with Crippen LogP contribution in [0, 0.1) is 0 Å². The lowest BCUT2D eigenvalue weighted by atomic mass is 9.90. The van der Waals surface area contributed by atoms with E-state index in [9.17, 15) is 10.2 Å². The fraction of sp³-hybridized carbons (Fsp3) is 0.200. The molecule has 3 nitrogen and oxygen atoms in total. The molecule has 0 aromatic heterocycles. The third-order valence-corrected chi connectivity index (χ3v) is 3.33. The van der Waals surface area contributed by atoms with Gasteiger partial charge in [0, 0.05) is 17.5 Å². The Kier molecular flexibility index (Phi) is 2.59. The molecule has 1 heterocycles. The van der Waals surface area contributed by atoms with E-state index < -0.39 is 0 Å². The van der Waals surface area contributed by atoms with Crippen LogP contribution in [0.15, 0.2) is 42.5 Å². The summed E-state index contributed by atoms with van der Waals surface area (Å²) in [6.07, 6.45) is 0.813.